The standard InChI is InChI=1S/C20H33N5O2/c1-3-21-20-22-9-4-18(23-20)24-10-5-16(6-11-24)14-19(26)25-12-7-17(8-13-25)15-27-2/h4,9,16-17H,3,5-8,10-15H2,1-2H3,(H,21,22,23). The Morgan fingerprint density at radius 1 is 1.19 bits per heavy atom. The van der Waals surface area contributed by atoms with Crippen molar-refractivity contribution in [2.75, 3.05) is 56.7 Å². The number of nitrogens with one attached hydrogen (secondary N) is 1. The number of carbonyl (C=O) groups excluding carboxylic acids is 1. The van der Waals surface area contributed by atoms with Crippen molar-refractivity contribution in [1.82, 2.24) is 14.9 Å². The summed E-state index contributed by atoms with van der Waals surface area (Å²) in [6, 6.07) is 1.97. The Morgan fingerprint density at radius 3 is 2.56 bits per heavy atom. The molecule has 1 N–H and O–H groups in total. The number of hydrogen-bond acceptors (Lipinski definition) is 6. The lowest BCUT2D eigenvalue weighted by molar-refractivity contribution is -0.134. The maximum atomic E-state index is 12.7. The molecule has 1 aromatic rings. The molecule has 0 radical (unpaired) electrons. The van der Waals surface area contributed by atoms with E-state index >= 15 is 0 Å². The molecule has 0 aromatic carbocycles. The van der Waals surface area contributed by atoms with Gasteiger partial charge >= 0.3 is 0 Å². The molecule has 3 heterocycles. The number of piperidine rings is 2. The second-order valence-electron chi connectivity index (χ2n) is 7.68. The summed E-state index contributed by atoms with van der Waals surface area (Å²) in [5.41, 5.74) is 0. The molecule has 150 valence electrons. The summed E-state index contributed by atoms with van der Waals surface area (Å²) in [4.78, 5) is 25.8. The van der Waals surface area contributed by atoms with E-state index in [0.717, 1.165) is 70.8 Å². The molecule has 2 saturated heterocycles. The molecular formula is C20H33N5O2. The molecule has 7 heteroatoms. The number of ether oxygens (including phenoxy) is 1. The van der Waals surface area contributed by atoms with Crippen molar-refractivity contribution in [2.24, 2.45) is 11.8 Å². The molecule has 0 atom stereocenters. The third-order valence-electron chi connectivity index (χ3n) is 5.75. The molecule has 1 aromatic heterocycles. The molecule has 7 nitrogen and oxygen atoms in total. The van der Waals surface area contributed by atoms with Gasteiger partial charge in [-0.3, -0.25) is 4.79 Å². The predicted octanol–water partition coefficient (Wildman–Crippen LogP) is 2.40. The van der Waals surface area contributed by atoms with Crippen molar-refractivity contribution in [3.63, 3.8) is 0 Å². The van der Waals surface area contributed by atoms with Crippen LogP contribution in [0.4, 0.5) is 11.8 Å². The highest BCUT2D eigenvalue weighted by atomic mass is 16.5. The van der Waals surface area contributed by atoms with E-state index < -0.39 is 0 Å². The highest BCUT2D eigenvalue weighted by Gasteiger charge is 2.27. The van der Waals surface area contributed by atoms with Crippen LogP contribution in [0.25, 0.3) is 0 Å². The number of methoxy groups -OCH3 is 1. The number of aromatic nitrogens is 2. The highest BCUT2D eigenvalue weighted by Crippen LogP contribution is 2.26. The molecule has 2 aliphatic rings. The Kier molecular flexibility index (Phi) is 7.26. The summed E-state index contributed by atoms with van der Waals surface area (Å²) < 4.78 is 5.24. The van der Waals surface area contributed by atoms with E-state index in [2.05, 4.69) is 25.1 Å². The van der Waals surface area contributed by atoms with Crippen LogP contribution in [0.3, 0.4) is 0 Å². The zero-order valence-electron chi connectivity index (χ0n) is 16.7. The zero-order valence-corrected chi connectivity index (χ0v) is 16.7. The molecule has 0 unspecified atom stereocenters. The van der Waals surface area contributed by atoms with Gasteiger partial charge in [0.25, 0.3) is 0 Å². The van der Waals surface area contributed by atoms with Gasteiger partial charge < -0.3 is 19.9 Å². The fourth-order valence-corrected chi connectivity index (χ4v) is 4.10. The first-order chi connectivity index (χ1) is 13.2. The van der Waals surface area contributed by atoms with Crippen LogP contribution in [0.15, 0.2) is 12.3 Å². The molecule has 27 heavy (non-hydrogen) atoms. The molecule has 0 spiro atoms. The predicted molar refractivity (Wildman–Crippen MR) is 107 cm³/mol. The fraction of sp³-hybridized carbons (Fsp3) is 0.750. The minimum atomic E-state index is 0.334. The summed E-state index contributed by atoms with van der Waals surface area (Å²) in [7, 11) is 1.76. The minimum absolute atomic E-state index is 0.334. The largest absolute Gasteiger partial charge is 0.384 e. The summed E-state index contributed by atoms with van der Waals surface area (Å²) in [5.74, 6) is 3.10. The Bertz CT molecular complexity index is 596. The van der Waals surface area contributed by atoms with Gasteiger partial charge in [-0.15, -0.1) is 0 Å². The van der Waals surface area contributed by atoms with Crippen molar-refractivity contribution in [1.29, 1.82) is 0 Å². The lowest BCUT2D eigenvalue weighted by atomic mass is 9.92. The van der Waals surface area contributed by atoms with Crippen molar-refractivity contribution in [2.45, 2.75) is 39.0 Å². The smallest absolute Gasteiger partial charge is 0.224 e. The molecule has 2 fully saturated rings. The van der Waals surface area contributed by atoms with Crippen LogP contribution in [0.5, 0.6) is 0 Å². The number of likely N-dealkylation sites (tertiary alicyclic amines) is 1. The molecule has 0 bridgehead atoms. The summed E-state index contributed by atoms with van der Waals surface area (Å²) in [6.45, 7) is 7.36. The van der Waals surface area contributed by atoms with E-state index in [1.54, 1.807) is 7.11 Å². The first-order valence-corrected chi connectivity index (χ1v) is 10.3. The Hall–Kier alpha value is -1.89. The van der Waals surface area contributed by atoms with E-state index in [1.165, 1.54) is 0 Å². The van der Waals surface area contributed by atoms with E-state index in [-0.39, 0.29) is 0 Å². The number of nitrogens with zero attached hydrogens (tertiary/aromatic N) is 4. The highest BCUT2D eigenvalue weighted by molar-refractivity contribution is 5.76. The first kappa shape index (κ1) is 19.9. The summed E-state index contributed by atoms with van der Waals surface area (Å²) >= 11 is 0. The van der Waals surface area contributed by atoms with Crippen molar-refractivity contribution in [3.8, 4) is 0 Å². The monoisotopic (exact) mass is 375 g/mol. The minimum Gasteiger partial charge on any atom is -0.384 e. The van der Waals surface area contributed by atoms with Gasteiger partial charge in [0.05, 0.1) is 0 Å². The Morgan fingerprint density at radius 2 is 1.89 bits per heavy atom. The average Bonchev–Trinajstić information content (AvgIpc) is 2.70. The van der Waals surface area contributed by atoms with E-state index in [0.29, 0.717) is 30.1 Å². The second-order valence-corrected chi connectivity index (χ2v) is 7.68. The SMILES string of the molecule is CCNc1nccc(N2CCC(CC(=O)N3CCC(COC)CC3)CC2)n1. The van der Waals surface area contributed by atoms with Crippen LogP contribution >= 0.6 is 0 Å². The number of carbonyl (C=O) groups is 1. The van der Waals surface area contributed by atoms with E-state index in [1.807, 2.05) is 19.2 Å². The van der Waals surface area contributed by atoms with Gasteiger partial charge in [0.1, 0.15) is 5.82 Å². The fourth-order valence-electron chi connectivity index (χ4n) is 4.10. The van der Waals surface area contributed by atoms with Crippen LogP contribution in [0, 0.1) is 11.8 Å². The molecule has 1 amide bonds. The van der Waals surface area contributed by atoms with Gasteiger partial charge in [-0.25, -0.2) is 4.98 Å². The van der Waals surface area contributed by atoms with Gasteiger partial charge in [0.15, 0.2) is 0 Å². The van der Waals surface area contributed by atoms with Gasteiger partial charge in [-0.2, -0.15) is 4.98 Å². The normalized spacial score (nSPS) is 19.3. The average molecular weight is 376 g/mol. The maximum Gasteiger partial charge on any atom is 0.224 e. The number of rotatable bonds is 7. The van der Waals surface area contributed by atoms with Crippen molar-refractivity contribution < 1.29 is 9.53 Å². The van der Waals surface area contributed by atoms with Crippen LogP contribution in [-0.2, 0) is 9.53 Å². The molecule has 2 aliphatic heterocycles. The lowest BCUT2D eigenvalue weighted by Crippen LogP contribution is -2.41. The van der Waals surface area contributed by atoms with E-state index in [9.17, 15) is 4.79 Å². The third kappa shape index (κ3) is 5.54. The van der Waals surface area contributed by atoms with Crippen LogP contribution in [-0.4, -0.2) is 67.2 Å². The first-order valence-electron chi connectivity index (χ1n) is 10.3. The number of hydrogen-bond donors (Lipinski definition) is 1. The second kappa shape index (κ2) is 9.88. The topological polar surface area (TPSA) is 70.6 Å². The van der Waals surface area contributed by atoms with Gasteiger partial charge in [0.2, 0.25) is 11.9 Å². The molecule has 0 saturated carbocycles. The third-order valence-corrected chi connectivity index (χ3v) is 5.75. The molecule has 0 aliphatic carbocycles. The van der Waals surface area contributed by atoms with Gasteiger partial charge in [-0.05, 0) is 50.5 Å². The number of anilines is 2. The van der Waals surface area contributed by atoms with Crippen LogP contribution in [0.2, 0.25) is 0 Å². The molecule has 3 rings (SSSR count). The van der Waals surface area contributed by atoms with E-state index in [4.69, 9.17) is 4.74 Å². The summed E-state index contributed by atoms with van der Waals surface area (Å²) in [6.07, 6.45) is 6.73. The zero-order chi connectivity index (χ0) is 19.1. The molecular weight excluding hydrogens is 342 g/mol. The van der Waals surface area contributed by atoms with Crippen molar-refractivity contribution >= 4 is 17.7 Å². The van der Waals surface area contributed by atoms with Gasteiger partial charge in [-0.1, -0.05) is 0 Å². The lowest BCUT2D eigenvalue weighted by Gasteiger charge is -2.35. The van der Waals surface area contributed by atoms with Crippen LogP contribution < -0.4 is 10.2 Å². The number of amides is 1. The Balaban J connectivity index is 1.43. The maximum absolute atomic E-state index is 12.7. The van der Waals surface area contributed by atoms with Crippen molar-refractivity contribution in [3.05, 3.63) is 12.3 Å². The quantitative estimate of drug-likeness (QED) is 0.789. The van der Waals surface area contributed by atoms with Crippen LogP contribution in [0.1, 0.15) is 39.0 Å². The van der Waals surface area contributed by atoms with Gasteiger partial charge in [0, 0.05) is 59.1 Å². The summed E-state index contributed by atoms with van der Waals surface area (Å²) in [5, 5.41) is 3.16. The Labute approximate surface area is 162 Å².